The molecule has 196 valence electrons. The fourth-order valence-corrected chi connectivity index (χ4v) is 3.43. The predicted molar refractivity (Wildman–Crippen MR) is 119 cm³/mol. The number of rotatable bonds is 6. The zero-order valence-electron chi connectivity index (χ0n) is 19.9. The first-order chi connectivity index (χ1) is 16.9. The summed E-state index contributed by atoms with van der Waals surface area (Å²) in [6.07, 6.45) is -2.23. The average molecular weight is 698 g/mol. The van der Waals surface area contributed by atoms with Crippen molar-refractivity contribution in [1.29, 1.82) is 0 Å². The smallest absolute Gasteiger partial charge is 0.498 e. The van der Waals surface area contributed by atoms with Gasteiger partial charge >= 0.3 is 27.2 Å². The Morgan fingerprint density at radius 3 is 2.03 bits per heavy atom. The second-order valence-corrected chi connectivity index (χ2v) is 8.26. The molecule has 0 spiro atoms. The summed E-state index contributed by atoms with van der Waals surface area (Å²) in [6, 6.07) is 11.1. The second-order valence-electron chi connectivity index (χ2n) is 8.26. The molecular weight excluding hydrogens is 678 g/mol. The number of methoxy groups -OCH3 is 2. The van der Waals surface area contributed by atoms with Crippen molar-refractivity contribution in [2.75, 3.05) is 14.2 Å². The second kappa shape index (κ2) is 10.6. The van der Waals surface area contributed by atoms with Gasteiger partial charge in [0, 0.05) is 40.6 Å². The number of halogens is 5. The average Bonchev–Trinajstić information content (AvgIpc) is 3.34. The van der Waals surface area contributed by atoms with Crippen LogP contribution in [0, 0.1) is 23.9 Å². The molecule has 0 aliphatic rings. The molecule has 1 aromatic carbocycles. The van der Waals surface area contributed by atoms with E-state index in [1.54, 1.807) is 26.0 Å². The maximum atomic E-state index is 14.5. The molecule has 0 amide bonds. The number of hydrogen-bond donors (Lipinski definition) is 0. The van der Waals surface area contributed by atoms with E-state index in [1.165, 1.54) is 26.4 Å². The Balaban J connectivity index is 0.00000380. The van der Waals surface area contributed by atoms with Crippen molar-refractivity contribution in [1.82, 2.24) is 19.7 Å². The van der Waals surface area contributed by atoms with E-state index in [-0.39, 0.29) is 38.1 Å². The van der Waals surface area contributed by atoms with Crippen molar-refractivity contribution in [3.8, 4) is 28.6 Å². The van der Waals surface area contributed by atoms with Crippen LogP contribution in [0.1, 0.15) is 30.9 Å². The summed E-state index contributed by atoms with van der Waals surface area (Å²) in [4.78, 5) is 9.04. The van der Waals surface area contributed by atoms with Crippen LogP contribution in [0.3, 0.4) is 0 Å². The first-order valence-corrected chi connectivity index (χ1v) is 10.5. The molecule has 0 saturated carbocycles. The molecule has 0 aliphatic carbocycles. The summed E-state index contributed by atoms with van der Waals surface area (Å²) in [5.41, 5.74) is -1.26. The molecule has 0 N–H and O–H groups in total. The number of hydrogen-bond acceptors (Lipinski definition) is 5. The quantitative estimate of drug-likeness (QED) is 0.195. The first-order valence-electron chi connectivity index (χ1n) is 10.5. The molecule has 0 fully saturated rings. The van der Waals surface area contributed by atoms with Gasteiger partial charge in [0.05, 0.1) is 25.7 Å². The standard InChI is InChI=1S/C25H19F5N4O2.Pt/c1-24(2,21-11-15(35-3)10-19(31-21)17-6-5-14(26)9-18(17)27)22-12-16(36-4)13-23(32-22)34-8-7-20(33-34)25(28,29)30;/h5,7,9-13H,1-4H3;/q-2;+2. The van der Waals surface area contributed by atoms with E-state index in [0.717, 1.165) is 22.9 Å². The molecule has 0 unspecified atom stereocenters. The van der Waals surface area contributed by atoms with Crippen LogP contribution in [0.25, 0.3) is 17.1 Å². The number of pyridine rings is 2. The molecule has 0 radical (unpaired) electrons. The van der Waals surface area contributed by atoms with Crippen LogP contribution in [-0.2, 0) is 32.7 Å². The van der Waals surface area contributed by atoms with E-state index in [4.69, 9.17) is 9.47 Å². The van der Waals surface area contributed by atoms with Crippen molar-refractivity contribution in [3.63, 3.8) is 0 Å². The molecule has 0 bridgehead atoms. The van der Waals surface area contributed by atoms with Gasteiger partial charge in [-0.3, -0.25) is 23.8 Å². The fraction of sp³-hybridized carbons (Fsp3) is 0.240. The van der Waals surface area contributed by atoms with E-state index in [1.807, 2.05) is 0 Å². The van der Waals surface area contributed by atoms with Crippen molar-refractivity contribution < 1.29 is 52.5 Å². The third-order valence-corrected chi connectivity index (χ3v) is 5.49. The van der Waals surface area contributed by atoms with E-state index >= 15 is 0 Å². The molecule has 0 saturated heterocycles. The largest absolute Gasteiger partial charge is 2.00 e. The van der Waals surface area contributed by atoms with Crippen molar-refractivity contribution in [3.05, 3.63) is 83.4 Å². The van der Waals surface area contributed by atoms with Gasteiger partial charge in [-0.25, -0.2) is 0 Å². The topological polar surface area (TPSA) is 62.1 Å². The third-order valence-electron chi connectivity index (χ3n) is 5.49. The Morgan fingerprint density at radius 1 is 0.838 bits per heavy atom. The fourth-order valence-electron chi connectivity index (χ4n) is 3.43. The molecule has 3 heterocycles. The Hall–Kier alpha value is -3.33. The Morgan fingerprint density at radius 2 is 1.46 bits per heavy atom. The zero-order chi connectivity index (χ0) is 26.3. The summed E-state index contributed by atoms with van der Waals surface area (Å²) in [6.45, 7) is 3.53. The van der Waals surface area contributed by atoms with Gasteiger partial charge in [-0.1, -0.05) is 17.8 Å². The molecule has 4 aromatic rings. The van der Waals surface area contributed by atoms with Crippen LogP contribution in [0.4, 0.5) is 22.0 Å². The SMILES string of the molecule is COc1cc(-c2[c-]cc(F)cc2F)nc(C(C)(C)c2cc(OC)cc(-n3[c-]cc(C(F)(F)F)n3)n2)c1.[Pt+2]. The predicted octanol–water partition coefficient (Wildman–Crippen LogP) is 5.57. The monoisotopic (exact) mass is 697 g/mol. The van der Waals surface area contributed by atoms with E-state index in [9.17, 15) is 22.0 Å². The van der Waals surface area contributed by atoms with Crippen LogP contribution in [0.5, 0.6) is 11.5 Å². The molecule has 4 rings (SSSR count). The summed E-state index contributed by atoms with van der Waals surface area (Å²) in [7, 11) is 2.83. The molecule has 3 aromatic heterocycles. The minimum absolute atomic E-state index is 0. The van der Waals surface area contributed by atoms with E-state index in [2.05, 4.69) is 27.3 Å². The molecule has 0 aliphatic heterocycles. The van der Waals surface area contributed by atoms with Crippen LogP contribution < -0.4 is 9.47 Å². The van der Waals surface area contributed by atoms with Crippen LogP contribution in [-0.4, -0.2) is 34.0 Å². The minimum Gasteiger partial charge on any atom is -0.498 e. The van der Waals surface area contributed by atoms with Crippen LogP contribution in [0.15, 0.2) is 42.5 Å². The summed E-state index contributed by atoms with van der Waals surface area (Å²) in [5.74, 6) is -0.943. The van der Waals surface area contributed by atoms with Crippen LogP contribution >= 0.6 is 0 Å². The number of ether oxygens (including phenoxy) is 2. The minimum atomic E-state index is -4.64. The van der Waals surface area contributed by atoms with E-state index < -0.39 is 28.9 Å². The van der Waals surface area contributed by atoms with Gasteiger partial charge in [0.25, 0.3) is 0 Å². The van der Waals surface area contributed by atoms with Gasteiger partial charge in [0.1, 0.15) is 11.5 Å². The van der Waals surface area contributed by atoms with Gasteiger partial charge in [0.2, 0.25) is 0 Å². The van der Waals surface area contributed by atoms with Gasteiger partial charge in [-0.2, -0.15) is 13.2 Å². The Bertz CT molecular complexity index is 1420. The molecule has 6 nitrogen and oxygen atoms in total. The molecular formula is C25H19F5N4O2Pt. The van der Waals surface area contributed by atoms with Crippen molar-refractivity contribution >= 4 is 0 Å². The maximum absolute atomic E-state index is 14.5. The van der Waals surface area contributed by atoms with Gasteiger partial charge in [-0.15, -0.1) is 18.2 Å². The van der Waals surface area contributed by atoms with Gasteiger partial charge in [-0.05, 0) is 31.7 Å². The molecule has 0 atom stereocenters. The first kappa shape index (κ1) is 28.2. The van der Waals surface area contributed by atoms with Crippen molar-refractivity contribution in [2.24, 2.45) is 0 Å². The van der Waals surface area contributed by atoms with Crippen LogP contribution in [0.2, 0.25) is 0 Å². The molecule has 37 heavy (non-hydrogen) atoms. The summed E-state index contributed by atoms with van der Waals surface area (Å²) >= 11 is 0. The summed E-state index contributed by atoms with van der Waals surface area (Å²) < 4.78 is 78.6. The number of alkyl halides is 3. The van der Waals surface area contributed by atoms with Gasteiger partial charge < -0.3 is 14.2 Å². The van der Waals surface area contributed by atoms with Gasteiger partial charge in [0.15, 0.2) is 0 Å². The Labute approximate surface area is 223 Å². The third kappa shape index (κ3) is 5.82. The normalized spacial score (nSPS) is 11.7. The number of aromatic nitrogens is 4. The molecule has 12 heteroatoms. The maximum Gasteiger partial charge on any atom is 2.00 e. The van der Waals surface area contributed by atoms with E-state index in [0.29, 0.717) is 22.9 Å². The Kier molecular flexibility index (Phi) is 8.07. The van der Waals surface area contributed by atoms with Crippen molar-refractivity contribution in [2.45, 2.75) is 25.4 Å². The number of benzene rings is 1. The zero-order valence-corrected chi connectivity index (χ0v) is 22.1. The number of nitrogens with zero attached hydrogens (tertiary/aromatic N) is 4. The summed E-state index contributed by atoms with van der Waals surface area (Å²) in [5, 5.41) is 3.53.